The third-order valence-corrected chi connectivity index (χ3v) is 5.47. The average Bonchev–Trinajstić information content (AvgIpc) is 2.81. The minimum absolute atomic E-state index is 0.00232. The first-order valence-electron chi connectivity index (χ1n) is 11.1. The number of ether oxygens (including phenoxy) is 2. The van der Waals surface area contributed by atoms with E-state index >= 15 is 0 Å². The van der Waals surface area contributed by atoms with E-state index < -0.39 is 0 Å². The number of hydrogen-bond donors (Lipinski definition) is 1. The SMILES string of the molecule is CCOc1cc(C2=NN(Cc3ccc(NC(=O)CC)cc3)C(=O)CC2CC)ccc1OC. The molecule has 1 atom stereocenters. The highest BCUT2D eigenvalue weighted by molar-refractivity contribution is 6.06. The van der Waals surface area contributed by atoms with Gasteiger partial charge in [0, 0.05) is 30.0 Å². The molecule has 0 saturated carbocycles. The lowest BCUT2D eigenvalue weighted by atomic mass is 9.89. The zero-order chi connectivity index (χ0) is 23.1. The van der Waals surface area contributed by atoms with Crippen LogP contribution in [-0.2, 0) is 16.1 Å². The zero-order valence-electron chi connectivity index (χ0n) is 19.2. The molecule has 2 aromatic carbocycles. The molecule has 32 heavy (non-hydrogen) atoms. The van der Waals surface area contributed by atoms with Gasteiger partial charge in [-0.15, -0.1) is 0 Å². The van der Waals surface area contributed by atoms with Crippen LogP contribution >= 0.6 is 0 Å². The lowest BCUT2D eigenvalue weighted by Gasteiger charge is -2.29. The third kappa shape index (κ3) is 5.46. The summed E-state index contributed by atoms with van der Waals surface area (Å²) in [4.78, 5) is 24.3. The van der Waals surface area contributed by atoms with Gasteiger partial charge in [0.15, 0.2) is 11.5 Å². The minimum atomic E-state index is -0.0327. The van der Waals surface area contributed by atoms with Gasteiger partial charge in [-0.05, 0) is 49.2 Å². The van der Waals surface area contributed by atoms with E-state index in [1.807, 2.05) is 56.3 Å². The van der Waals surface area contributed by atoms with Gasteiger partial charge in [-0.1, -0.05) is 26.0 Å². The number of carbonyl (C=O) groups is 2. The van der Waals surface area contributed by atoms with Crippen molar-refractivity contribution in [1.29, 1.82) is 0 Å². The zero-order valence-corrected chi connectivity index (χ0v) is 19.2. The van der Waals surface area contributed by atoms with Crippen LogP contribution in [0.3, 0.4) is 0 Å². The van der Waals surface area contributed by atoms with Gasteiger partial charge in [-0.25, -0.2) is 5.01 Å². The highest BCUT2D eigenvalue weighted by Crippen LogP contribution is 2.32. The van der Waals surface area contributed by atoms with Crippen LogP contribution in [0.25, 0.3) is 0 Å². The smallest absolute Gasteiger partial charge is 0.243 e. The van der Waals surface area contributed by atoms with Crippen LogP contribution in [0, 0.1) is 5.92 Å². The third-order valence-electron chi connectivity index (χ3n) is 5.47. The van der Waals surface area contributed by atoms with Gasteiger partial charge in [0.2, 0.25) is 11.8 Å². The molecule has 1 aliphatic heterocycles. The molecule has 0 aromatic heterocycles. The fourth-order valence-electron chi connectivity index (χ4n) is 3.66. The predicted molar refractivity (Wildman–Crippen MR) is 125 cm³/mol. The molecular weight excluding hydrogens is 406 g/mol. The molecular formula is C25H31N3O4. The van der Waals surface area contributed by atoms with Crippen molar-refractivity contribution < 1.29 is 19.1 Å². The second kappa shape index (κ2) is 10.8. The summed E-state index contributed by atoms with van der Waals surface area (Å²) < 4.78 is 11.1. The average molecular weight is 438 g/mol. The number of nitrogens with one attached hydrogen (secondary N) is 1. The Hall–Kier alpha value is -3.35. The highest BCUT2D eigenvalue weighted by atomic mass is 16.5. The van der Waals surface area contributed by atoms with E-state index in [9.17, 15) is 9.59 Å². The molecule has 1 N–H and O–H groups in total. The van der Waals surface area contributed by atoms with E-state index in [4.69, 9.17) is 14.6 Å². The number of anilines is 1. The van der Waals surface area contributed by atoms with Gasteiger partial charge in [0.05, 0.1) is 26.0 Å². The summed E-state index contributed by atoms with van der Waals surface area (Å²) in [5, 5.41) is 9.12. The standard InChI is InChI=1S/C25H31N3O4/c1-5-18-15-24(30)28(16-17-8-11-20(12-9-17)26-23(29)6-2)27-25(18)19-10-13-21(31-4)22(14-19)32-7-3/h8-14,18H,5-7,15-16H2,1-4H3,(H,26,29). The summed E-state index contributed by atoms with van der Waals surface area (Å²) in [6.45, 7) is 6.71. The van der Waals surface area contributed by atoms with Crippen molar-refractivity contribution >= 4 is 23.2 Å². The molecule has 170 valence electrons. The fraction of sp³-hybridized carbons (Fsp3) is 0.400. The van der Waals surface area contributed by atoms with Crippen LogP contribution in [0.15, 0.2) is 47.6 Å². The Morgan fingerprint density at radius 3 is 2.50 bits per heavy atom. The van der Waals surface area contributed by atoms with Crippen LogP contribution in [0.1, 0.15) is 51.2 Å². The van der Waals surface area contributed by atoms with E-state index in [0.29, 0.717) is 37.5 Å². The molecule has 0 bridgehead atoms. The maximum atomic E-state index is 12.8. The molecule has 3 rings (SSSR count). The number of carbonyl (C=O) groups excluding carboxylic acids is 2. The van der Waals surface area contributed by atoms with Crippen LogP contribution in [0.5, 0.6) is 11.5 Å². The van der Waals surface area contributed by atoms with Crippen molar-refractivity contribution in [3.05, 3.63) is 53.6 Å². The molecule has 0 spiro atoms. The molecule has 2 amide bonds. The van der Waals surface area contributed by atoms with Crippen LogP contribution in [-0.4, -0.2) is 36.3 Å². The van der Waals surface area contributed by atoms with Crippen molar-refractivity contribution in [3.8, 4) is 11.5 Å². The summed E-state index contributed by atoms with van der Waals surface area (Å²) in [6, 6.07) is 13.3. The predicted octanol–water partition coefficient (Wildman–Crippen LogP) is 4.61. The second-order valence-corrected chi connectivity index (χ2v) is 7.64. The summed E-state index contributed by atoms with van der Waals surface area (Å²) in [7, 11) is 1.61. The van der Waals surface area contributed by atoms with Gasteiger partial charge >= 0.3 is 0 Å². The van der Waals surface area contributed by atoms with Crippen molar-refractivity contribution in [2.45, 2.75) is 46.6 Å². The lowest BCUT2D eigenvalue weighted by molar-refractivity contribution is -0.133. The monoisotopic (exact) mass is 437 g/mol. The first-order valence-corrected chi connectivity index (χ1v) is 11.1. The Balaban J connectivity index is 1.86. The van der Waals surface area contributed by atoms with E-state index in [1.54, 1.807) is 7.11 Å². The quantitative estimate of drug-likeness (QED) is 0.621. The molecule has 0 aliphatic carbocycles. The van der Waals surface area contributed by atoms with Gasteiger partial charge in [-0.3, -0.25) is 9.59 Å². The van der Waals surface area contributed by atoms with Gasteiger partial charge < -0.3 is 14.8 Å². The fourth-order valence-corrected chi connectivity index (χ4v) is 3.66. The van der Waals surface area contributed by atoms with Gasteiger partial charge in [-0.2, -0.15) is 5.10 Å². The molecule has 1 heterocycles. The summed E-state index contributed by atoms with van der Waals surface area (Å²) >= 11 is 0. The first kappa shape index (κ1) is 23.3. The Kier molecular flexibility index (Phi) is 7.87. The molecule has 0 radical (unpaired) electrons. The number of benzene rings is 2. The Bertz CT molecular complexity index is 985. The summed E-state index contributed by atoms with van der Waals surface area (Å²) in [5.41, 5.74) is 3.48. The number of hydrazone groups is 1. The number of hydrogen-bond acceptors (Lipinski definition) is 5. The van der Waals surface area contributed by atoms with Crippen molar-refractivity contribution in [2.75, 3.05) is 19.0 Å². The molecule has 7 nitrogen and oxygen atoms in total. The summed E-state index contributed by atoms with van der Waals surface area (Å²) in [5.74, 6) is 1.35. The second-order valence-electron chi connectivity index (χ2n) is 7.64. The van der Waals surface area contributed by atoms with Gasteiger partial charge in [0.1, 0.15) is 0 Å². The van der Waals surface area contributed by atoms with Crippen molar-refractivity contribution in [1.82, 2.24) is 5.01 Å². The normalized spacial score (nSPS) is 15.9. The van der Waals surface area contributed by atoms with Crippen molar-refractivity contribution in [3.63, 3.8) is 0 Å². The number of methoxy groups -OCH3 is 1. The van der Waals surface area contributed by atoms with Crippen LogP contribution < -0.4 is 14.8 Å². The van der Waals surface area contributed by atoms with Crippen LogP contribution in [0.2, 0.25) is 0 Å². The largest absolute Gasteiger partial charge is 0.493 e. The van der Waals surface area contributed by atoms with E-state index in [-0.39, 0.29) is 17.7 Å². The van der Waals surface area contributed by atoms with Crippen LogP contribution in [0.4, 0.5) is 5.69 Å². The first-order chi connectivity index (χ1) is 15.5. The Morgan fingerprint density at radius 2 is 1.88 bits per heavy atom. The van der Waals surface area contributed by atoms with E-state index in [2.05, 4.69) is 12.2 Å². The number of amides is 2. The molecule has 7 heteroatoms. The maximum Gasteiger partial charge on any atom is 0.243 e. The minimum Gasteiger partial charge on any atom is -0.493 e. The molecule has 2 aromatic rings. The number of rotatable bonds is 9. The Morgan fingerprint density at radius 1 is 1.12 bits per heavy atom. The van der Waals surface area contributed by atoms with E-state index in [1.165, 1.54) is 5.01 Å². The Labute approximate surface area is 189 Å². The molecule has 0 fully saturated rings. The molecule has 1 aliphatic rings. The molecule has 0 saturated heterocycles. The number of nitrogens with zero attached hydrogens (tertiary/aromatic N) is 2. The maximum absolute atomic E-state index is 12.8. The topological polar surface area (TPSA) is 80.2 Å². The lowest BCUT2D eigenvalue weighted by Crippen LogP contribution is -2.36. The van der Waals surface area contributed by atoms with Gasteiger partial charge in [0.25, 0.3) is 0 Å². The highest BCUT2D eigenvalue weighted by Gasteiger charge is 2.29. The van der Waals surface area contributed by atoms with Crippen molar-refractivity contribution in [2.24, 2.45) is 11.0 Å². The molecule has 1 unspecified atom stereocenters. The summed E-state index contributed by atoms with van der Waals surface area (Å²) in [6.07, 6.45) is 1.66. The van der Waals surface area contributed by atoms with E-state index in [0.717, 1.165) is 28.9 Å².